The number of hydrogen-bond acceptors (Lipinski definition) is 6. The van der Waals surface area contributed by atoms with E-state index < -0.39 is 16.0 Å². The number of fused-ring (bicyclic) bond motifs is 1. The van der Waals surface area contributed by atoms with Gasteiger partial charge >= 0.3 is 5.97 Å². The number of anilines is 1. The van der Waals surface area contributed by atoms with Gasteiger partial charge in [0.05, 0.1) is 45.9 Å². The predicted molar refractivity (Wildman–Crippen MR) is 131 cm³/mol. The Morgan fingerprint density at radius 2 is 1.88 bits per heavy atom. The molecule has 0 aliphatic rings. The Hall–Kier alpha value is -3.14. The van der Waals surface area contributed by atoms with Gasteiger partial charge in [-0.05, 0) is 54.4 Å². The van der Waals surface area contributed by atoms with Gasteiger partial charge in [-0.3, -0.25) is 4.68 Å². The van der Waals surface area contributed by atoms with Crippen molar-refractivity contribution < 1.29 is 17.9 Å². The van der Waals surface area contributed by atoms with E-state index in [1.165, 1.54) is 37.6 Å². The summed E-state index contributed by atoms with van der Waals surface area (Å²) in [5.41, 5.74) is 2.24. The third-order valence-electron chi connectivity index (χ3n) is 5.33. The number of halogens is 2. The minimum atomic E-state index is -4.15. The Bertz CT molecular complexity index is 1520. The highest BCUT2D eigenvalue weighted by molar-refractivity contribution is 7.92. The first kappa shape index (κ1) is 24.0. The summed E-state index contributed by atoms with van der Waals surface area (Å²) in [6.45, 7) is 1.57. The number of nitrogens with zero attached hydrogens (tertiary/aromatic N) is 4. The number of benzene rings is 2. The summed E-state index contributed by atoms with van der Waals surface area (Å²) in [5, 5.41) is 5.47. The number of pyridine rings is 1. The van der Waals surface area contributed by atoms with Crippen molar-refractivity contribution in [3.63, 3.8) is 0 Å². The van der Waals surface area contributed by atoms with Crippen LogP contribution >= 0.6 is 23.2 Å². The molecule has 4 rings (SSSR count). The monoisotopic (exact) mass is 518 g/mol. The Labute approximate surface area is 206 Å². The van der Waals surface area contributed by atoms with Gasteiger partial charge in [-0.15, -0.1) is 0 Å². The summed E-state index contributed by atoms with van der Waals surface area (Å²) >= 11 is 12.4. The van der Waals surface area contributed by atoms with Crippen LogP contribution in [-0.4, -0.2) is 36.3 Å². The molecule has 34 heavy (non-hydrogen) atoms. The largest absolute Gasteiger partial charge is 0.465 e. The Balaban J connectivity index is 1.83. The Morgan fingerprint density at radius 3 is 2.56 bits per heavy atom. The lowest BCUT2D eigenvalue weighted by Crippen LogP contribution is -2.32. The number of aromatic nitrogens is 3. The van der Waals surface area contributed by atoms with E-state index in [0.717, 1.165) is 15.2 Å². The summed E-state index contributed by atoms with van der Waals surface area (Å²) in [4.78, 5) is 16.1. The first-order chi connectivity index (χ1) is 16.1. The Morgan fingerprint density at radius 1 is 1.12 bits per heavy atom. The third kappa shape index (κ3) is 4.46. The third-order valence-corrected chi connectivity index (χ3v) is 7.71. The van der Waals surface area contributed by atoms with E-state index in [-0.39, 0.29) is 32.9 Å². The van der Waals surface area contributed by atoms with Crippen LogP contribution in [0.2, 0.25) is 10.0 Å². The van der Waals surface area contributed by atoms with Crippen LogP contribution in [0.4, 0.5) is 5.82 Å². The number of sulfonamides is 1. The van der Waals surface area contributed by atoms with Crippen molar-refractivity contribution in [3.8, 4) is 0 Å². The number of ether oxygens (including phenoxy) is 1. The molecule has 0 N–H and O–H groups in total. The quantitative estimate of drug-likeness (QED) is 0.341. The van der Waals surface area contributed by atoms with Gasteiger partial charge in [0.1, 0.15) is 0 Å². The van der Waals surface area contributed by atoms with Gasteiger partial charge < -0.3 is 4.74 Å². The fourth-order valence-electron chi connectivity index (χ4n) is 3.64. The van der Waals surface area contributed by atoms with Crippen LogP contribution in [0.25, 0.3) is 10.9 Å². The standard InChI is InChI=1S/C23H20Cl2N4O4S/c1-14-8-16(23(30)33-3)5-7-21(14)34(31,32)29(22-19(25)10-18(24)12-26-22)13-15-4-6-20-17(9-15)11-27-28(20)2/h4-12H,13H2,1-3H3. The van der Waals surface area contributed by atoms with Gasteiger partial charge in [0.25, 0.3) is 10.0 Å². The second-order valence-corrected chi connectivity index (χ2v) is 10.3. The average Bonchev–Trinajstić information content (AvgIpc) is 3.17. The Kier molecular flexibility index (Phi) is 6.53. The highest BCUT2D eigenvalue weighted by Crippen LogP contribution is 2.33. The van der Waals surface area contributed by atoms with Crippen molar-refractivity contribution >= 4 is 55.9 Å². The van der Waals surface area contributed by atoms with Gasteiger partial charge in [0, 0.05) is 18.6 Å². The molecular formula is C23H20Cl2N4O4S. The zero-order chi connectivity index (χ0) is 24.6. The van der Waals surface area contributed by atoms with Gasteiger partial charge in [0.2, 0.25) is 0 Å². The van der Waals surface area contributed by atoms with E-state index in [1.807, 2.05) is 25.2 Å². The molecule has 2 heterocycles. The summed E-state index contributed by atoms with van der Waals surface area (Å²) in [5.74, 6) is -0.523. The van der Waals surface area contributed by atoms with Gasteiger partial charge in [-0.25, -0.2) is 22.5 Å². The zero-order valence-corrected chi connectivity index (χ0v) is 20.8. The van der Waals surface area contributed by atoms with Crippen molar-refractivity contribution in [1.82, 2.24) is 14.8 Å². The summed E-state index contributed by atoms with van der Waals surface area (Å²) in [6.07, 6.45) is 3.05. The van der Waals surface area contributed by atoms with E-state index >= 15 is 0 Å². The van der Waals surface area contributed by atoms with Crippen LogP contribution < -0.4 is 4.31 Å². The molecule has 4 aromatic rings. The molecule has 0 saturated heterocycles. The molecule has 0 radical (unpaired) electrons. The number of esters is 1. The molecule has 2 aromatic carbocycles. The summed E-state index contributed by atoms with van der Waals surface area (Å²) < 4.78 is 35.3. The van der Waals surface area contributed by atoms with Gasteiger partial charge in [-0.1, -0.05) is 29.3 Å². The maximum absolute atomic E-state index is 13.9. The lowest BCUT2D eigenvalue weighted by molar-refractivity contribution is 0.0600. The highest BCUT2D eigenvalue weighted by Gasteiger charge is 2.30. The minimum Gasteiger partial charge on any atom is -0.465 e. The van der Waals surface area contributed by atoms with Crippen LogP contribution in [0.5, 0.6) is 0 Å². The molecule has 176 valence electrons. The van der Waals surface area contributed by atoms with Crippen molar-refractivity contribution in [1.29, 1.82) is 0 Å². The summed E-state index contributed by atoms with van der Waals surface area (Å²) in [6, 6.07) is 11.2. The smallest absolute Gasteiger partial charge is 0.337 e. The average molecular weight is 519 g/mol. The number of carbonyl (C=O) groups excluding carboxylic acids is 1. The molecule has 0 bridgehead atoms. The van der Waals surface area contributed by atoms with Crippen LogP contribution in [0.3, 0.4) is 0 Å². The minimum absolute atomic E-state index is 0.00965. The lowest BCUT2D eigenvalue weighted by atomic mass is 10.1. The van der Waals surface area contributed by atoms with Crippen LogP contribution in [0.15, 0.2) is 59.8 Å². The van der Waals surface area contributed by atoms with E-state index in [0.29, 0.717) is 11.1 Å². The van der Waals surface area contributed by atoms with Crippen molar-refractivity contribution in [2.75, 3.05) is 11.4 Å². The van der Waals surface area contributed by atoms with Crippen LogP contribution in [0.1, 0.15) is 21.5 Å². The molecule has 0 spiro atoms. The van der Waals surface area contributed by atoms with Crippen molar-refractivity contribution in [2.45, 2.75) is 18.4 Å². The van der Waals surface area contributed by atoms with Crippen LogP contribution in [-0.2, 0) is 28.4 Å². The number of rotatable bonds is 6. The van der Waals surface area contributed by atoms with Crippen molar-refractivity contribution in [3.05, 3.63) is 81.6 Å². The fraction of sp³-hybridized carbons (Fsp3) is 0.174. The number of hydrogen-bond donors (Lipinski definition) is 0. The maximum Gasteiger partial charge on any atom is 0.337 e. The molecule has 0 aliphatic carbocycles. The molecule has 0 atom stereocenters. The first-order valence-corrected chi connectivity index (χ1v) is 12.2. The van der Waals surface area contributed by atoms with E-state index in [9.17, 15) is 13.2 Å². The molecule has 0 unspecified atom stereocenters. The summed E-state index contributed by atoms with van der Waals surface area (Å²) in [7, 11) is -1.05. The normalized spacial score (nSPS) is 11.6. The molecule has 0 amide bonds. The molecule has 0 aliphatic heterocycles. The molecule has 11 heteroatoms. The predicted octanol–water partition coefficient (Wildman–Crippen LogP) is 4.77. The molecule has 8 nitrogen and oxygen atoms in total. The van der Waals surface area contributed by atoms with Gasteiger partial charge in [-0.2, -0.15) is 5.10 Å². The van der Waals surface area contributed by atoms with E-state index in [4.69, 9.17) is 27.9 Å². The molecular weight excluding hydrogens is 499 g/mol. The van der Waals surface area contributed by atoms with Gasteiger partial charge in [0.15, 0.2) is 5.82 Å². The van der Waals surface area contributed by atoms with Crippen LogP contribution in [0, 0.1) is 6.92 Å². The molecule has 2 aromatic heterocycles. The maximum atomic E-state index is 13.9. The fourth-order valence-corrected chi connectivity index (χ4v) is 5.81. The number of aryl methyl sites for hydroxylation is 2. The van der Waals surface area contributed by atoms with E-state index in [1.54, 1.807) is 17.8 Å². The number of methoxy groups -OCH3 is 1. The van der Waals surface area contributed by atoms with Crippen molar-refractivity contribution in [2.24, 2.45) is 7.05 Å². The topological polar surface area (TPSA) is 94.4 Å². The lowest BCUT2D eigenvalue weighted by Gasteiger charge is -2.25. The zero-order valence-electron chi connectivity index (χ0n) is 18.5. The molecule has 0 fully saturated rings. The molecule has 0 saturated carbocycles. The SMILES string of the molecule is COC(=O)c1ccc(S(=O)(=O)N(Cc2ccc3c(cnn3C)c2)c2ncc(Cl)cc2Cl)c(C)c1. The second kappa shape index (κ2) is 9.25. The first-order valence-electron chi connectivity index (χ1n) is 10.0. The second-order valence-electron chi connectivity index (χ2n) is 7.60. The highest BCUT2D eigenvalue weighted by atomic mass is 35.5. The van der Waals surface area contributed by atoms with E-state index in [2.05, 4.69) is 10.1 Å². The number of carbonyl (C=O) groups is 1.